The lowest BCUT2D eigenvalue weighted by atomic mass is 9.73. The maximum absolute atomic E-state index is 2.41. The van der Waals surface area contributed by atoms with E-state index in [9.17, 15) is 0 Å². The topological polar surface area (TPSA) is 0 Å². The van der Waals surface area contributed by atoms with Crippen LogP contribution in [0.25, 0.3) is 10.4 Å². The van der Waals surface area contributed by atoms with Crippen LogP contribution in [0.2, 0.25) is 0 Å². The first-order valence-electron chi connectivity index (χ1n) is 8.56. The number of thiophene rings is 1. The van der Waals surface area contributed by atoms with Gasteiger partial charge in [0.1, 0.15) is 0 Å². The Morgan fingerprint density at radius 3 is 2.74 bits per heavy atom. The van der Waals surface area contributed by atoms with Gasteiger partial charge in [-0.25, -0.2) is 0 Å². The van der Waals surface area contributed by atoms with Crippen LogP contribution in [-0.4, -0.2) is 0 Å². The van der Waals surface area contributed by atoms with Crippen molar-refractivity contribution in [2.24, 2.45) is 5.92 Å². The van der Waals surface area contributed by atoms with Crippen molar-refractivity contribution in [2.45, 2.75) is 32.1 Å². The van der Waals surface area contributed by atoms with Gasteiger partial charge in [0.15, 0.2) is 0 Å². The minimum atomic E-state index is 0.546. The Kier molecular flexibility index (Phi) is 4.05. The van der Waals surface area contributed by atoms with E-state index in [4.69, 9.17) is 0 Å². The second kappa shape index (κ2) is 6.33. The molecule has 0 spiro atoms. The first kappa shape index (κ1) is 14.7. The molecule has 2 atom stereocenters. The summed E-state index contributed by atoms with van der Waals surface area (Å²) in [5, 5.41) is 2.16. The van der Waals surface area contributed by atoms with Gasteiger partial charge in [0.2, 0.25) is 0 Å². The Morgan fingerprint density at radius 2 is 1.91 bits per heavy atom. The molecule has 0 bridgehead atoms. The van der Waals surface area contributed by atoms with Crippen molar-refractivity contribution < 1.29 is 0 Å². The van der Waals surface area contributed by atoms with Crippen LogP contribution in [0.15, 0.2) is 66.0 Å². The summed E-state index contributed by atoms with van der Waals surface area (Å²) in [6.45, 7) is 2.33. The van der Waals surface area contributed by atoms with Crippen LogP contribution in [0, 0.1) is 5.92 Å². The van der Waals surface area contributed by atoms with Crippen LogP contribution >= 0.6 is 11.3 Å². The second-order valence-electron chi connectivity index (χ2n) is 6.57. The average Bonchev–Trinajstić information content (AvgIpc) is 3.15. The molecule has 1 aliphatic rings. The van der Waals surface area contributed by atoms with Crippen molar-refractivity contribution in [3.63, 3.8) is 0 Å². The van der Waals surface area contributed by atoms with Crippen LogP contribution in [0.4, 0.5) is 0 Å². The number of hydrogen-bond acceptors (Lipinski definition) is 1. The molecule has 23 heavy (non-hydrogen) atoms. The lowest BCUT2D eigenvalue weighted by Crippen LogP contribution is -2.19. The van der Waals surface area contributed by atoms with Gasteiger partial charge >= 0.3 is 0 Å². The van der Waals surface area contributed by atoms with E-state index in [0.717, 1.165) is 5.92 Å². The minimum Gasteiger partial charge on any atom is -0.144 e. The summed E-state index contributed by atoms with van der Waals surface area (Å²) in [4.78, 5) is 1.36. The smallest absolute Gasteiger partial charge is 0.0342 e. The van der Waals surface area contributed by atoms with E-state index in [2.05, 4.69) is 73.0 Å². The molecule has 1 aliphatic carbocycles. The predicted octanol–water partition coefficient (Wildman–Crippen LogP) is 6.52. The lowest BCUT2D eigenvalue weighted by Gasteiger charge is -2.31. The third-order valence-electron chi connectivity index (χ3n) is 5.18. The van der Waals surface area contributed by atoms with Gasteiger partial charge in [0.25, 0.3) is 0 Å². The quantitative estimate of drug-likeness (QED) is 0.515. The first-order chi connectivity index (χ1) is 11.3. The molecular formula is C22H22S. The largest absolute Gasteiger partial charge is 0.144 e. The van der Waals surface area contributed by atoms with E-state index >= 15 is 0 Å². The highest BCUT2D eigenvalue weighted by molar-refractivity contribution is 7.13. The molecular weight excluding hydrogens is 296 g/mol. The van der Waals surface area contributed by atoms with Crippen LogP contribution in [0.3, 0.4) is 0 Å². The van der Waals surface area contributed by atoms with Gasteiger partial charge in [-0.05, 0) is 58.5 Å². The van der Waals surface area contributed by atoms with Crippen LogP contribution < -0.4 is 0 Å². The molecule has 1 aromatic heterocycles. The molecule has 1 heteroatoms. The van der Waals surface area contributed by atoms with E-state index in [-0.39, 0.29) is 0 Å². The van der Waals surface area contributed by atoms with Gasteiger partial charge in [-0.1, -0.05) is 61.9 Å². The van der Waals surface area contributed by atoms with E-state index in [1.54, 1.807) is 11.1 Å². The Balaban J connectivity index is 1.76. The van der Waals surface area contributed by atoms with Crippen molar-refractivity contribution in [1.29, 1.82) is 0 Å². The fraction of sp³-hybridized carbons (Fsp3) is 0.273. The van der Waals surface area contributed by atoms with Crippen LogP contribution in [-0.2, 0) is 6.42 Å². The maximum atomic E-state index is 2.41. The minimum absolute atomic E-state index is 0.546. The highest BCUT2D eigenvalue weighted by atomic mass is 32.1. The molecule has 0 N–H and O–H groups in total. The summed E-state index contributed by atoms with van der Waals surface area (Å²) >= 11 is 1.82. The zero-order valence-corrected chi connectivity index (χ0v) is 14.4. The summed E-state index contributed by atoms with van der Waals surface area (Å²) in [6.07, 6.45) is 3.80. The zero-order valence-electron chi connectivity index (χ0n) is 13.5. The number of rotatable bonds is 3. The number of hydrogen-bond donors (Lipinski definition) is 0. The maximum Gasteiger partial charge on any atom is 0.0342 e. The summed E-state index contributed by atoms with van der Waals surface area (Å²) in [5.74, 6) is 1.35. The van der Waals surface area contributed by atoms with Gasteiger partial charge in [-0.2, -0.15) is 0 Å². The van der Waals surface area contributed by atoms with Crippen molar-refractivity contribution in [2.75, 3.05) is 0 Å². The fourth-order valence-electron chi connectivity index (χ4n) is 3.89. The number of benzene rings is 2. The van der Waals surface area contributed by atoms with Crippen LogP contribution in [0.1, 0.15) is 42.4 Å². The highest BCUT2D eigenvalue weighted by Gasteiger charge is 2.27. The molecule has 0 saturated heterocycles. The van der Waals surface area contributed by atoms with E-state index in [1.807, 2.05) is 11.3 Å². The van der Waals surface area contributed by atoms with E-state index in [0.29, 0.717) is 5.92 Å². The Hall–Kier alpha value is -1.86. The van der Waals surface area contributed by atoms with Gasteiger partial charge in [-0.3, -0.25) is 0 Å². The molecule has 0 nitrogen and oxygen atoms in total. The van der Waals surface area contributed by atoms with Gasteiger partial charge in [0.05, 0.1) is 0 Å². The standard InChI is InChI=1S/C22H22S/c1-2-16-13-17-7-3-4-10-20(17)21(14-16)18-8-5-9-19(15-18)22-11-6-12-23-22/h3-12,15-16,21H,2,13-14H2,1H3/t16-,21-/m1/s1. The Morgan fingerprint density at radius 1 is 1.00 bits per heavy atom. The van der Waals surface area contributed by atoms with Crippen molar-refractivity contribution >= 4 is 11.3 Å². The molecule has 0 unspecified atom stereocenters. The predicted molar refractivity (Wildman–Crippen MR) is 100 cm³/mol. The molecule has 3 aromatic rings. The monoisotopic (exact) mass is 318 g/mol. The first-order valence-corrected chi connectivity index (χ1v) is 9.44. The summed E-state index contributed by atoms with van der Waals surface area (Å²) in [7, 11) is 0. The molecule has 116 valence electrons. The third-order valence-corrected chi connectivity index (χ3v) is 6.10. The molecule has 0 fully saturated rings. The zero-order chi connectivity index (χ0) is 15.6. The third kappa shape index (κ3) is 2.86. The Labute approximate surface area is 142 Å². The normalized spacial score (nSPS) is 20.2. The summed E-state index contributed by atoms with van der Waals surface area (Å²) < 4.78 is 0. The van der Waals surface area contributed by atoms with Gasteiger partial charge in [0, 0.05) is 10.8 Å². The molecule has 0 saturated carbocycles. The molecule has 0 aliphatic heterocycles. The summed E-state index contributed by atoms with van der Waals surface area (Å²) in [6, 6.07) is 22.6. The van der Waals surface area contributed by atoms with Crippen LogP contribution in [0.5, 0.6) is 0 Å². The molecule has 0 radical (unpaired) electrons. The highest BCUT2D eigenvalue weighted by Crippen LogP contribution is 2.41. The molecule has 2 aromatic carbocycles. The van der Waals surface area contributed by atoms with E-state index in [1.165, 1.54) is 35.3 Å². The fourth-order valence-corrected chi connectivity index (χ4v) is 4.62. The number of fused-ring (bicyclic) bond motifs is 1. The lowest BCUT2D eigenvalue weighted by molar-refractivity contribution is 0.416. The van der Waals surface area contributed by atoms with Gasteiger partial charge < -0.3 is 0 Å². The van der Waals surface area contributed by atoms with Gasteiger partial charge in [-0.15, -0.1) is 11.3 Å². The SMILES string of the molecule is CC[C@@H]1Cc2ccccc2[C@@H](c2cccc(-c3cccs3)c2)C1. The van der Waals surface area contributed by atoms with Crippen molar-refractivity contribution in [1.82, 2.24) is 0 Å². The molecule has 1 heterocycles. The average molecular weight is 318 g/mol. The summed E-state index contributed by atoms with van der Waals surface area (Å²) in [5.41, 5.74) is 5.92. The Bertz CT molecular complexity index is 785. The van der Waals surface area contributed by atoms with Crippen molar-refractivity contribution in [3.05, 3.63) is 82.7 Å². The molecule has 0 amide bonds. The molecule has 4 rings (SSSR count). The second-order valence-corrected chi connectivity index (χ2v) is 7.52. The van der Waals surface area contributed by atoms with Crippen molar-refractivity contribution in [3.8, 4) is 10.4 Å². The van der Waals surface area contributed by atoms with E-state index < -0.39 is 0 Å².